The molecule has 0 bridgehead atoms. The molecule has 0 aliphatic carbocycles. The molecular formula is C16H27NO4. The number of rotatable bonds is 11. The third-order valence-corrected chi connectivity index (χ3v) is 2.97. The molecule has 5 heteroatoms. The Balaban J connectivity index is 2.45. The summed E-state index contributed by atoms with van der Waals surface area (Å²) in [7, 11) is 1.65. The Morgan fingerprint density at radius 2 is 1.81 bits per heavy atom. The first-order valence-electron chi connectivity index (χ1n) is 7.34. The Morgan fingerprint density at radius 3 is 2.48 bits per heavy atom. The molecule has 0 radical (unpaired) electrons. The van der Waals surface area contributed by atoms with Crippen molar-refractivity contribution in [2.45, 2.75) is 26.5 Å². The third kappa shape index (κ3) is 6.91. The van der Waals surface area contributed by atoms with E-state index in [1.165, 1.54) is 0 Å². The fourth-order valence-corrected chi connectivity index (χ4v) is 1.84. The Kier molecular flexibility index (Phi) is 9.01. The van der Waals surface area contributed by atoms with Gasteiger partial charge in [-0.15, -0.1) is 0 Å². The summed E-state index contributed by atoms with van der Waals surface area (Å²) >= 11 is 0. The van der Waals surface area contributed by atoms with Crippen LogP contribution in [0.5, 0.6) is 5.75 Å². The number of methoxy groups -OCH3 is 1. The minimum atomic E-state index is -0.00296. The zero-order valence-corrected chi connectivity index (χ0v) is 13.3. The van der Waals surface area contributed by atoms with E-state index < -0.39 is 0 Å². The summed E-state index contributed by atoms with van der Waals surface area (Å²) in [6.45, 7) is 7.33. The second-order valence-corrected chi connectivity index (χ2v) is 4.75. The molecule has 0 spiro atoms. The summed E-state index contributed by atoms with van der Waals surface area (Å²) in [5.41, 5.74) is 8.01. The molecule has 120 valence electrons. The quantitative estimate of drug-likeness (QED) is 0.635. The number of hydrogen-bond donors (Lipinski definition) is 1. The van der Waals surface area contributed by atoms with Crippen LogP contribution in [0, 0.1) is 0 Å². The van der Waals surface area contributed by atoms with Gasteiger partial charge in [0.25, 0.3) is 0 Å². The summed E-state index contributed by atoms with van der Waals surface area (Å²) in [6.07, 6.45) is 0. The van der Waals surface area contributed by atoms with Crippen LogP contribution in [0.3, 0.4) is 0 Å². The van der Waals surface area contributed by atoms with Gasteiger partial charge in [-0.05, 0) is 31.5 Å². The second-order valence-electron chi connectivity index (χ2n) is 4.75. The molecule has 1 rings (SSSR count). The maximum absolute atomic E-state index is 5.92. The smallest absolute Gasteiger partial charge is 0.124 e. The van der Waals surface area contributed by atoms with Crippen molar-refractivity contribution in [1.29, 1.82) is 0 Å². The van der Waals surface area contributed by atoms with Crippen LogP contribution >= 0.6 is 0 Å². The van der Waals surface area contributed by atoms with Gasteiger partial charge < -0.3 is 24.7 Å². The SMILES string of the molecule is CCOc1ccc(C(C)N)cc1COCCOCCOC. The molecular weight excluding hydrogens is 270 g/mol. The van der Waals surface area contributed by atoms with Crippen molar-refractivity contribution >= 4 is 0 Å². The van der Waals surface area contributed by atoms with Gasteiger partial charge in [0, 0.05) is 18.7 Å². The van der Waals surface area contributed by atoms with E-state index in [4.69, 9.17) is 24.7 Å². The minimum Gasteiger partial charge on any atom is -0.494 e. The highest BCUT2D eigenvalue weighted by atomic mass is 16.5. The lowest BCUT2D eigenvalue weighted by atomic mass is 10.1. The first-order valence-corrected chi connectivity index (χ1v) is 7.34. The van der Waals surface area contributed by atoms with E-state index in [2.05, 4.69) is 0 Å². The van der Waals surface area contributed by atoms with Gasteiger partial charge in [0.1, 0.15) is 5.75 Å². The highest BCUT2D eigenvalue weighted by Crippen LogP contribution is 2.23. The predicted molar refractivity (Wildman–Crippen MR) is 82.6 cm³/mol. The summed E-state index contributed by atoms with van der Waals surface area (Å²) in [4.78, 5) is 0. The topological polar surface area (TPSA) is 62.9 Å². The molecule has 1 atom stereocenters. The van der Waals surface area contributed by atoms with Crippen molar-refractivity contribution in [2.75, 3.05) is 40.1 Å². The Labute approximate surface area is 127 Å². The van der Waals surface area contributed by atoms with Crippen molar-refractivity contribution in [1.82, 2.24) is 0 Å². The maximum Gasteiger partial charge on any atom is 0.124 e. The van der Waals surface area contributed by atoms with Crippen LogP contribution in [0.2, 0.25) is 0 Å². The van der Waals surface area contributed by atoms with Crippen molar-refractivity contribution in [3.8, 4) is 5.75 Å². The lowest BCUT2D eigenvalue weighted by Gasteiger charge is -2.14. The molecule has 0 aromatic heterocycles. The van der Waals surface area contributed by atoms with Gasteiger partial charge in [-0.1, -0.05) is 6.07 Å². The van der Waals surface area contributed by atoms with Gasteiger partial charge in [-0.3, -0.25) is 0 Å². The fourth-order valence-electron chi connectivity index (χ4n) is 1.84. The molecule has 1 aromatic rings. The third-order valence-electron chi connectivity index (χ3n) is 2.97. The predicted octanol–water partition coefficient (Wildman–Crippen LogP) is 2.28. The first kappa shape index (κ1) is 17.9. The molecule has 0 amide bonds. The molecule has 0 aliphatic rings. The zero-order valence-electron chi connectivity index (χ0n) is 13.3. The van der Waals surface area contributed by atoms with E-state index >= 15 is 0 Å². The summed E-state index contributed by atoms with van der Waals surface area (Å²) in [6, 6.07) is 5.99. The molecule has 0 fully saturated rings. The molecule has 2 N–H and O–H groups in total. The van der Waals surface area contributed by atoms with E-state index in [-0.39, 0.29) is 6.04 Å². The van der Waals surface area contributed by atoms with Crippen LogP contribution in [0.25, 0.3) is 0 Å². The van der Waals surface area contributed by atoms with Crippen LogP contribution in [-0.2, 0) is 20.8 Å². The van der Waals surface area contributed by atoms with Gasteiger partial charge in [-0.2, -0.15) is 0 Å². The molecule has 1 aromatic carbocycles. The lowest BCUT2D eigenvalue weighted by molar-refractivity contribution is 0.0195. The minimum absolute atomic E-state index is 0.00296. The van der Waals surface area contributed by atoms with Crippen molar-refractivity contribution in [3.05, 3.63) is 29.3 Å². The average molecular weight is 297 g/mol. The number of ether oxygens (including phenoxy) is 4. The van der Waals surface area contributed by atoms with Crippen LogP contribution in [0.1, 0.15) is 31.0 Å². The van der Waals surface area contributed by atoms with Crippen LogP contribution in [0.15, 0.2) is 18.2 Å². The van der Waals surface area contributed by atoms with Crippen LogP contribution in [0.4, 0.5) is 0 Å². The van der Waals surface area contributed by atoms with Crippen molar-refractivity contribution < 1.29 is 18.9 Å². The van der Waals surface area contributed by atoms with Gasteiger partial charge in [0.15, 0.2) is 0 Å². The Hall–Kier alpha value is -1.14. The maximum atomic E-state index is 5.92. The van der Waals surface area contributed by atoms with Gasteiger partial charge in [-0.25, -0.2) is 0 Å². The largest absolute Gasteiger partial charge is 0.494 e. The summed E-state index contributed by atoms with van der Waals surface area (Å²) in [5, 5.41) is 0. The highest BCUT2D eigenvalue weighted by molar-refractivity contribution is 5.38. The monoisotopic (exact) mass is 297 g/mol. The Morgan fingerprint density at radius 1 is 1.10 bits per heavy atom. The molecule has 0 heterocycles. The van der Waals surface area contributed by atoms with Gasteiger partial charge >= 0.3 is 0 Å². The van der Waals surface area contributed by atoms with E-state index in [1.807, 2.05) is 32.0 Å². The molecule has 0 aliphatic heterocycles. The number of nitrogens with two attached hydrogens (primary N) is 1. The number of hydrogen-bond acceptors (Lipinski definition) is 5. The number of benzene rings is 1. The summed E-state index contributed by atoms with van der Waals surface area (Å²) in [5.74, 6) is 0.849. The first-order chi connectivity index (χ1) is 10.2. The van der Waals surface area contributed by atoms with Crippen molar-refractivity contribution in [3.63, 3.8) is 0 Å². The van der Waals surface area contributed by atoms with Gasteiger partial charge in [0.05, 0.1) is 39.6 Å². The zero-order chi connectivity index (χ0) is 15.5. The highest BCUT2D eigenvalue weighted by Gasteiger charge is 2.08. The van der Waals surface area contributed by atoms with Gasteiger partial charge in [0.2, 0.25) is 0 Å². The van der Waals surface area contributed by atoms with E-state index in [9.17, 15) is 0 Å². The molecule has 1 unspecified atom stereocenters. The van der Waals surface area contributed by atoms with E-state index in [1.54, 1.807) is 7.11 Å². The van der Waals surface area contributed by atoms with Crippen LogP contribution < -0.4 is 10.5 Å². The molecule has 0 saturated heterocycles. The fraction of sp³-hybridized carbons (Fsp3) is 0.625. The summed E-state index contributed by atoms with van der Waals surface area (Å²) < 4.78 is 21.5. The second kappa shape index (κ2) is 10.6. The normalized spacial score (nSPS) is 12.4. The molecule has 21 heavy (non-hydrogen) atoms. The van der Waals surface area contributed by atoms with Crippen LogP contribution in [-0.4, -0.2) is 40.1 Å². The van der Waals surface area contributed by atoms with E-state index in [0.717, 1.165) is 16.9 Å². The average Bonchev–Trinajstić information content (AvgIpc) is 2.47. The molecule has 5 nitrogen and oxygen atoms in total. The lowest BCUT2D eigenvalue weighted by Crippen LogP contribution is -2.10. The van der Waals surface area contributed by atoms with E-state index in [0.29, 0.717) is 39.6 Å². The molecule has 0 saturated carbocycles. The standard InChI is InChI=1S/C16H27NO4/c1-4-21-16-6-5-14(13(2)17)11-15(16)12-20-10-9-19-8-7-18-3/h5-6,11,13H,4,7-10,12,17H2,1-3H3. The Bertz CT molecular complexity index is 396. The van der Waals surface area contributed by atoms with Crippen molar-refractivity contribution in [2.24, 2.45) is 5.73 Å².